The average molecular weight is 335 g/mol. The van der Waals surface area contributed by atoms with Crippen LogP contribution in [0.15, 0.2) is 95.9 Å². The SMILES string of the molecule is O=[N+]([O-])C(c1ccccc1)C(Sc1ccccc1)c1ccccc1. The van der Waals surface area contributed by atoms with E-state index in [1.165, 1.54) is 11.8 Å². The lowest BCUT2D eigenvalue weighted by molar-refractivity contribution is -0.529. The van der Waals surface area contributed by atoms with Crippen molar-refractivity contribution in [2.24, 2.45) is 0 Å². The van der Waals surface area contributed by atoms with Gasteiger partial charge in [0.25, 0.3) is 6.04 Å². The van der Waals surface area contributed by atoms with Gasteiger partial charge < -0.3 is 0 Å². The van der Waals surface area contributed by atoms with E-state index in [9.17, 15) is 10.1 Å². The summed E-state index contributed by atoms with van der Waals surface area (Å²) in [7, 11) is 0. The molecule has 0 fully saturated rings. The second kappa shape index (κ2) is 7.79. The molecule has 0 bridgehead atoms. The molecule has 0 aromatic heterocycles. The standard InChI is InChI=1S/C20H17NO2S/c22-21(23)19(16-10-4-1-5-11-16)20(17-12-6-2-7-13-17)24-18-14-8-3-9-15-18/h1-15,19-20H. The van der Waals surface area contributed by atoms with E-state index in [-0.39, 0.29) is 10.2 Å². The van der Waals surface area contributed by atoms with Crippen molar-refractivity contribution in [1.82, 2.24) is 0 Å². The van der Waals surface area contributed by atoms with Crippen LogP contribution >= 0.6 is 11.8 Å². The predicted octanol–water partition coefficient (Wildman–Crippen LogP) is 5.54. The molecule has 3 nitrogen and oxygen atoms in total. The van der Waals surface area contributed by atoms with E-state index in [1.54, 1.807) is 0 Å². The van der Waals surface area contributed by atoms with Gasteiger partial charge >= 0.3 is 0 Å². The van der Waals surface area contributed by atoms with Crippen LogP contribution in [-0.2, 0) is 0 Å². The maximum Gasteiger partial charge on any atom is 0.254 e. The Morgan fingerprint density at radius 1 is 0.708 bits per heavy atom. The molecule has 120 valence electrons. The fraction of sp³-hybridized carbons (Fsp3) is 0.100. The van der Waals surface area contributed by atoms with E-state index in [1.807, 2.05) is 91.0 Å². The molecule has 3 rings (SSSR count). The molecule has 0 aliphatic rings. The quantitative estimate of drug-likeness (QED) is 0.337. The van der Waals surface area contributed by atoms with Crippen LogP contribution in [0.5, 0.6) is 0 Å². The fourth-order valence-electron chi connectivity index (χ4n) is 2.66. The second-order valence-electron chi connectivity index (χ2n) is 5.40. The molecule has 0 aliphatic heterocycles. The normalized spacial score (nSPS) is 13.2. The lowest BCUT2D eigenvalue weighted by atomic mass is 9.99. The average Bonchev–Trinajstić information content (AvgIpc) is 2.63. The number of thioether (sulfide) groups is 1. The first-order valence-corrected chi connectivity index (χ1v) is 8.59. The largest absolute Gasteiger partial charge is 0.264 e. The topological polar surface area (TPSA) is 43.1 Å². The van der Waals surface area contributed by atoms with Crippen molar-refractivity contribution in [1.29, 1.82) is 0 Å². The summed E-state index contributed by atoms with van der Waals surface area (Å²) in [6, 6.07) is 28.0. The smallest absolute Gasteiger partial charge is 0.254 e. The fourth-order valence-corrected chi connectivity index (χ4v) is 3.95. The Hall–Kier alpha value is -2.59. The molecular weight excluding hydrogens is 318 g/mol. The van der Waals surface area contributed by atoms with Crippen molar-refractivity contribution in [3.05, 3.63) is 112 Å². The summed E-state index contributed by atoms with van der Waals surface area (Å²) >= 11 is 1.53. The van der Waals surface area contributed by atoms with E-state index in [0.29, 0.717) is 0 Å². The van der Waals surface area contributed by atoms with Crippen molar-refractivity contribution in [2.45, 2.75) is 16.2 Å². The third-order valence-electron chi connectivity index (χ3n) is 3.79. The first kappa shape index (κ1) is 16.3. The Bertz CT molecular complexity index is 779. The molecular formula is C20H17NO2S. The summed E-state index contributed by atoms with van der Waals surface area (Å²) in [5.41, 5.74) is 1.68. The molecule has 0 saturated heterocycles. The predicted molar refractivity (Wildman–Crippen MR) is 97.7 cm³/mol. The summed E-state index contributed by atoms with van der Waals surface area (Å²) in [6.45, 7) is 0. The van der Waals surface area contributed by atoms with Gasteiger partial charge in [-0.15, -0.1) is 11.8 Å². The highest BCUT2D eigenvalue weighted by molar-refractivity contribution is 7.99. The van der Waals surface area contributed by atoms with Crippen LogP contribution in [-0.4, -0.2) is 4.92 Å². The lowest BCUT2D eigenvalue weighted by Crippen LogP contribution is -2.17. The van der Waals surface area contributed by atoms with Crippen molar-refractivity contribution in [3.63, 3.8) is 0 Å². The van der Waals surface area contributed by atoms with E-state index >= 15 is 0 Å². The lowest BCUT2D eigenvalue weighted by Gasteiger charge is -2.21. The highest BCUT2D eigenvalue weighted by Gasteiger charge is 2.35. The van der Waals surface area contributed by atoms with Crippen LogP contribution < -0.4 is 0 Å². The minimum atomic E-state index is -0.807. The van der Waals surface area contributed by atoms with Gasteiger partial charge in [0.1, 0.15) is 5.25 Å². The number of rotatable bonds is 6. The van der Waals surface area contributed by atoms with Crippen molar-refractivity contribution >= 4 is 11.8 Å². The van der Waals surface area contributed by atoms with Gasteiger partial charge in [0.2, 0.25) is 0 Å². The van der Waals surface area contributed by atoms with Gasteiger partial charge in [0.05, 0.1) is 0 Å². The zero-order valence-electron chi connectivity index (χ0n) is 13.0. The molecule has 3 aromatic rings. The molecule has 0 saturated carbocycles. The van der Waals surface area contributed by atoms with Gasteiger partial charge in [-0.05, 0) is 17.7 Å². The zero-order chi connectivity index (χ0) is 16.8. The third-order valence-corrected chi connectivity index (χ3v) is 5.12. The third kappa shape index (κ3) is 3.84. The minimum Gasteiger partial charge on any atom is -0.264 e. The monoisotopic (exact) mass is 335 g/mol. The first-order chi connectivity index (χ1) is 11.8. The Balaban J connectivity index is 2.03. The molecule has 2 unspecified atom stereocenters. The number of nitrogens with zero attached hydrogens (tertiary/aromatic N) is 1. The van der Waals surface area contributed by atoms with Crippen molar-refractivity contribution in [3.8, 4) is 0 Å². The van der Waals surface area contributed by atoms with Crippen molar-refractivity contribution in [2.75, 3.05) is 0 Å². The van der Waals surface area contributed by atoms with Gasteiger partial charge in [0, 0.05) is 15.4 Å². The van der Waals surface area contributed by atoms with Gasteiger partial charge in [-0.25, -0.2) is 0 Å². The summed E-state index contributed by atoms with van der Waals surface area (Å²) in [5, 5.41) is 11.6. The molecule has 2 atom stereocenters. The molecule has 24 heavy (non-hydrogen) atoms. The van der Waals surface area contributed by atoms with Crippen LogP contribution in [0.1, 0.15) is 22.4 Å². The van der Waals surface area contributed by atoms with Crippen LogP contribution in [0.4, 0.5) is 0 Å². The summed E-state index contributed by atoms with van der Waals surface area (Å²) in [6.07, 6.45) is 0. The minimum absolute atomic E-state index is 0.178. The van der Waals surface area contributed by atoms with E-state index in [4.69, 9.17) is 0 Å². The second-order valence-corrected chi connectivity index (χ2v) is 6.62. The Morgan fingerprint density at radius 3 is 1.67 bits per heavy atom. The van der Waals surface area contributed by atoms with Crippen LogP contribution in [0.3, 0.4) is 0 Å². The Labute approximate surface area is 145 Å². The summed E-state index contributed by atoms with van der Waals surface area (Å²) in [4.78, 5) is 12.7. The molecule has 0 radical (unpaired) electrons. The van der Waals surface area contributed by atoms with Crippen LogP contribution in [0, 0.1) is 10.1 Å². The van der Waals surface area contributed by atoms with Gasteiger partial charge in [-0.3, -0.25) is 10.1 Å². The summed E-state index contributed by atoms with van der Waals surface area (Å²) in [5.74, 6) is 0. The zero-order valence-corrected chi connectivity index (χ0v) is 13.8. The Morgan fingerprint density at radius 2 is 1.17 bits per heavy atom. The molecule has 3 aromatic carbocycles. The molecule has 0 heterocycles. The number of hydrogen-bond acceptors (Lipinski definition) is 3. The maximum atomic E-state index is 11.9. The van der Waals surface area contributed by atoms with Gasteiger partial charge in [0.15, 0.2) is 0 Å². The number of benzene rings is 3. The molecule has 0 amide bonds. The highest BCUT2D eigenvalue weighted by Crippen LogP contribution is 2.45. The van der Waals surface area contributed by atoms with Gasteiger partial charge in [-0.2, -0.15) is 0 Å². The molecule has 0 spiro atoms. The Kier molecular flexibility index (Phi) is 5.29. The molecule has 4 heteroatoms. The highest BCUT2D eigenvalue weighted by atomic mass is 32.2. The number of hydrogen-bond donors (Lipinski definition) is 0. The molecule has 0 N–H and O–H groups in total. The molecule has 0 aliphatic carbocycles. The van der Waals surface area contributed by atoms with E-state index in [2.05, 4.69) is 0 Å². The van der Waals surface area contributed by atoms with Crippen molar-refractivity contribution < 1.29 is 4.92 Å². The van der Waals surface area contributed by atoms with E-state index < -0.39 is 6.04 Å². The van der Waals surface area contributed by atoms with E-state index in [0.717, 1.165) is 16.0 Å². The maximum absolute atomic E-state index is 11.9. The van der Waals surface area contributed by atoms with Crippen LogP contribution in [0.25, 0.3) is 0 Å². The first-order valence-electron chi connectivity index (χ1n) is 7.71. The summed E-state index contributed by atoms with van der Waals surface area (Å²) < 4.78 is 0. The number of nitro groups is 1. The van der Waals surface area contributed by atoms with Crippen LogP contribution in [0.2, 0.25) is 0 Å². The van der Waals surface area contributed by atoms with Gasteiger partial charge in [-0.1, -0.05) is 78.9 Å².